The second-order valence-electron chi connectivity index (χ2n) is 7.26. The molecule has 32 heavy (non-hydrogen) atoms. The number of nitrogens with one attached hydrogen (secondary N) is 2. The molecule has 3 heterocycles. The number of nitrogens with zero attached hydrogens (tertiary/aromatic N) is 4. The van der Waals surface area contributed by atoms with Gasteiger partial charge < -0.3 is 19.5 Å². The minimum atomic E-state index is -0.362. The monoisotopic (exact) mass is 428 g/mol. The summed E-state index contributed by atoms with van der Waals surface area (Å²) in [5, 5.41) is 10.2. The molecule has 0 aliphatic rings. The lowest BCUT2D eigenvalue weighted by atomic mass is 10.1. The molecule has 0 saturated carbocycles. The molecule has 5 aromatic rings. The van der Waals surface area contributed by atoms with Gasteiger partial charge in [-0.15, -0.1) is 0 Å². The highest BCUT2D eigenvalue weighted by atomic mass is 16.4. The molecule has 0 bridgehead atoms. The standard InChI is InChI=1S/C23H20N6O3/c1-15-5-4-6-16(11-15)21-20(25-14-31-21)22(30)27-17-12-26-29(13-17)10-9-24-23-28-18-7-2-3-8-19(18)32-23/h2-8,11-14H,9-10H2,1H3,(H,24,28)(H,27,30). The summed E-state index contributed by atoms with van der Waals surface area (Å²) in [6, 6.07) is 15.8. The summed E-state index contributed by atoms with van der Waals surface area (Å²) in [4.78, 5) is 21.2. The number of carbonyl (C=O) groups is 1. The molecule has 3 aromatic heterocycles. The molecular weight excluding hydrogens is 408 g/mol. The topological polar surface area (TPSA) is 111 Å². The molecule has 5 rings (SSSR count). The summed E-state index contributed by atoms with van der Waals surface area (Å²) < 4.78 is 12.8. The van der Waals surface area contributed by atoms with Gasteiger partial charge >= 0.3 is 0 Å². The summed E-state index contributed by atoms with van der Waals surface area (Å²) >= 11 is 0. The maximum Gasteiger partial charge on any atom is 0.295 e. The summed E-state index contributed by atoms with van der Waals surface area (Å²) in [6.45, 7) is 3.10. The zero-order chi connectivity index (χ0) is 21.9. The first kappa shape index (κ1) is 19.6. The summed E-state index contributed by atoms with van der Waals surface area (Å²) in [5.41, 5.74) is 4.19. The maximum absolute atomic E-state index is 12.7. The van der Waals surface area contributed by atoms with E-state index in [1.54, 1.807) is 17.1 Å². The molecule has 0 atom stereocenters. The van der Waals surface area contributed by atoms with E-state index in [0.717, 1.165) is 22.2 Å². The van der Waals surface area contributed by atoms with Crippen molar-refractivity contribution in [2.75, 3.05) is 17.2 Å². The summed E-state index contributed by atoms with van der Waals surface area (Å²) in [6.07, 6.45) is 4.61. The number of rotatable bonds is 7. The van der Waals surface area contributed by atoms with Crippen LogP contribution in [0, 0.1) is 6.92 Å². The highest BCUT2D eigenvalue weighted by Gasteiger charge is 2.19. The van der Waals surface area contributed by atoms with Crippen molar-refractivity contribution in [1.82, 2.24) is 19.7 Å². The van der Waals surface area contributed by atoms with Gasteiger partial charge in [-0.25, -0.2) is 4.98 Å². The Labute approximate surface area is 183 Å². The lowest BCUT2D eigenvalue weighted by Crippen LogP contribution is -2.13. The quantitative estimate of drug-likeness (QED) is 0.396. The van der Waals surface area contributed by atoms with Crippen molar-refractivity contribution >= 4 is 28.7 Å². The first-order chi connectivity index (χ1) is 15.7. The van der Waals surface area contributed by atoms with Crippen LogP contribution in [0.4, 0.5) is 11.7 Å². The minimum Gasteiger partial charge on any atom is -0.443 e. The Morgan fingerprint density at radius 3 is 2.94 bits per heavy atom. The van der Waals surface area contributed by atoms with Gasteiger partial charge in [0, 0.05) is 18.3 Å². The fraction of sp³-hybridized carbons (Fsp3) is 0.130. The number of hydrogen-bond acceptors (Lipinski definition) is 7. The number of benzene rings is 2. The van der Waals surface area contributed by atoms with Crippen molar-refractivity contribution in [1.29, 1.82) is 0 Å². The molecule has 2 N–H and O–H groups in total. The first-order valence-corrected chi connectivity index (χ1v) is 10.1. The number of fused-ring (bicyclic) bond motifs is 1. The van der Waals surface area contributed by atoms with E-state index in [9.17, 15) is 4.79 Å². The molecule has 2 aromatic carbocycles. The second-order valence-corrected chi connectivity index (χ2v) is 7.26. The van der Waals surface area contributed by atoms with Crippen molar-refractivity contribution in [2.45, 2.75) is 13.5 Å². The number of aryl methyl sites for hydroxylation is 1. The fourth-order valence-electron chi connectivity index (χ4n) is 3.36. The molecule has 0 fully saturated rings. The van der Waals surface area contributed by atoms with E-state index in [2.05, 4.69) is 25.7 Å². The number of anilines is 2. The zero-order valence-electron chi connectivity index (χ0n) is 17.3. The lowest BCUT2D eigenvalue weighted by Gasteiger charge is -2.04. The average Bonchev–Trinajstić information content (AvgIpc) is 3.53. The van der Waals surface area contributed by atoms with Gasteiger partial charge in [-0.2, -0.15) is 10.1 Å². The zero-order valence-corrected chi connectivity index (χ0v) is 17.3. The highest BCUT2D eigenvalue weighted by Crippen LogP contribution is 2.24. The summed E-state index contributed by atoms with van der Waals surface area (Å²) in [5.74, 6) is 0.0699. The van der Waals surface area contributed by atoms with E-state index in [-0.39, 0.29) is 11.6 Å². The van der Waals surface area contributed by atoms with E-state index in [4.69, 9.17) is 8.83 Å². The van der Waals surface area contributed by atoms with Crippen molar-refractivity contribution in [2.24, 2.45) is 0 Å². The van der Waals surface area contributed by atoms with Crippen molar-refractivity contribution < 1.29 is 13.6 Å². The Kier molecular flexibility index (Phi) is 5.12. The van der Waals surface area contributed by atoms with E-state index in [1.165, 1.54) is 6.39 Å². The van der Waals surface area contributed by atoms with Crippen LogP contribution < -0.4 is 10.6 Å². The number of amides is 1. The van der Waals surface area contributed by atoms with E-state index >= 15 is 0 Å². The van der Waals surface area contributed by atoms with Gasteiger partial charge in [0.25, 0.3) is 11.9 Å². The SMILES string of the molecule is Cc1cccc(-c2ocnc2C(=O)Nc2cnn(CCNc3nc4ccccc4o3)c2)c1. The third-order valence-corrected chi connectivity index (χ3v) is 4.86. The van der Waals surface area contributed by atoms with Crippen molar-refractivity contribution in [3.8, 4) is 11.3 Å². The van der Waals surface area contributed by atoms with Gasteiger partial charge in [0.15, 0.2) is 23.4 Å². The van der Waals surface area contributed by atoms with Gasteiger partial charge in [0.2, 0.25) is 0 Å². The molecule has 0 unspecified atom stereocenters. The Morgan fingerprint density at radius 1 is 1.16 bits per heavy atom. The predicted octanol–water partition coefficient (Wildman–Crippen LogP) is 4.35. The molecule has 0 aliphatic heterocycles. The van der Waals surface area contributed by atoms with Gasteiger partial charge in [-0.1, -0.05) is 35.9 Å². The Balaban J connectivity index is 1.20. The Hall–Kier alpha value is -4.40. The Bertz CT molecular complexity index is 1350. The van der Waals surface area contributed by atoms with Crippen LogP contribution in [-0.2, 0) is 6.54 Å². The van der Waals surface area contributed by atoms with Crippen LogP contribution in [0.3, 0.4) is 0 Å². The van der Waals surface area contributed by atoms with Gasteiger partial charge in [-0.3, -0.25) is 9.48 Å². The van der Waals surface area contributed by atoms with E-state index in [1.807, 2.05) is 55.5 Å². The second kappa shape index (κ2) is 8.38. The molecule has 0 saturated heterocycles. The summed E-state index contributed by atoms with van der Waals surface area (Å²) in [7, 11) is 0. The van der Waals surface area contributed by atoms with Crippen LogP contribution in [0.1, 0.15) is 16.1 Å². The Morgan fingerprint density at radius 2 is 2.06 bits per heavy atom. The van der Waals surface area contributed by atoms with E-state index in [0.29, 0.717) is 30.6 Å². The molecular formula is C23H20N6O3. The molecule has 0 aliphatic carbocycles. The van der Waals surface area contributed by atoms with Crippen LogP contribution >= 0.6 is 0 Å². The normalized spacial score (nSPS) is 11.0. The molecule has 9 nitrogen and oxygen atoms in total. The highest BCUT2D eigenvalue weighted by molar-refractivity contribution is 6.06. The number of oxazole rings is 2. The van der Waals surface area contributed by atoms with Crippen molar-refractivity contribution in [3.05, 3.63) is 78.6 Å². The van der Waals surface area contributed by atoms with Crippen LogP contribution in [0.25, 0.3) is 22.4 Å². The van der Waals surface area contributed by atoms with Crippen LogP contribution in [0.15, 0.2) is 76.2 Å². The maximum atomic E-state index is 12.7. The number of aromatic nitrogens is 4. The molecule has 160 valence electrons. The van der Waals surface area contributed by atoms with Crippen molar-refractivity contribution in [3.63, 3.8) is 0 Å². The number of carbonyl (C=O) groups excluding carboxylic acids is 1. The third-order valence-electron chi connectivity index (χ3n) is 4.86. The average molecular weight is 428 g/mol. The third kappa shape index (κ3) is 4.08. The predicted molar refractivity (Wildman–Crippen MR) is 119 cm³/mol. The lowest BCUT2D eigenvalue weighted by molar-refractivity contribution is 0.102. The van der Waals surface area contributed by atoms with Crippen LogP contribution in [0.5, 0.6) is 0 Å². The molecule has 9 heteroatoms. The van der Waals surface area contributed by atoms with E-state index < -0.39 is 0 Å². The largest absolute Gasteiger partial charge is 0.443 e. The number of para-hydroxylation sites is 2. The first-order valence-electron chi connectivity index (χ1n) is 10.1. The smallest absolute Gasteiger partial charge is 0.295 e. The van der Waals surface area contributed by atoms with Crippen LogP contribution in [-0.4, -0.2) is 32.2 Å². The fourth-order valence-corrected chi connectivity index (χ4v) is 3.36. The molecule has 0 radical (unpaired) electrons. The number of hydrogen-bond donors (Lipinski definition) is 2. The minimum absolute atomic E-state index is 0.223. The molecule has 0 spiro atoms. The molecule has 1 amide bonds. The van der Waals surface area contributed by atoms with Gasteiger partial charge in [-0.05, 0) is 25.1 Å². The van der Waals surface area contributed by atoms with Gasteiger partial charge in [0.05, 0.1) is 18.4 Å². The van der Waals surface area contributed by atoms with Crippen LogP contribution in [0.2, 0.25) is 0 Å². The van der Waals surface area contributed by atoms with Gasteiger partial charge in [0.1, 0.15) is 5.52 Å².